The Balaban J connectivity index is 2.47. The summed E-state index contributed by atoms with van der Waals surface area (Å²) >= 11 is 0. The van der Waals surface area contributed by atoms with Crippen LogP contribution in [-0.4, -0.2) is 33.3 Å². The molecule has 0 atom stereocenters. The summed E-state index contributed by atoms with van der Waals surface area (Å²) < 4.78 is 14.9. The number of nitrogens with zero attached hydrogens (tertiary/aromatic N) is 1. The highest BCUT2D eigenvalue weighted by molar-refractivity contribution is 6.01. The van der Waals surface area contributed by atoms with E-state index >= 15 is 0 Å². The van der Waals surface area contributed by atoms with Crippen LogP contribution in [0.25, 0.3) is 0 Å². The number of ether oxygens (including phenoxy) is 3. The van der Waals surface area contributed by atoms with Crippen molar-refractivity contribution in [3.05, 3.63) is 28.6 Å². The number of hydrogen-bond acceptors (Lipinski definition) is 6. The molecule has 2 rings (SSSR count). The summed E-state index contributed by atoms with van der Waals surface area (Å²) in [5, 5.41) is 11.7. The predicted octanol–water partition coefficient (Wildman–Crippen LogP) is -0.240. The number of pyridine rings is 1. The van der Waals surface area contributed by atoms with Gasteiger partial charge in [-0.2, -0.15) is 0 Å². The Morgan fingerprint density at radius 2 is 1.70 bits per heavy atom. The fourth-order valence-corrected chi connectivity index (χ4v) is 2.54. The lowest BCUT2D eigenvalue weighted by Crippen LogP contribution is -2.42. The molecule has 0 aliphatic heterocycles. The standard InChI is InChI=1S/C13H15NO6/c1-18-10-4-8-5-13(11(15)19-2,12(16)20-3)6-9(8)7-14(10)17/h4,7H,5-6H2,1-3H3. The van der Waals surface area contributed by atoms with Crippen molar-refractivity contribution in [1.29, 1.82) is 0 Å². The third kappa shape index (κ3) is 1.95. The minimum absolute atomic E-state index is 0.0773. The summed E-state index contributed by atoms with van der Waals surface area (Å²) in [5.74, 6) is -1.23. The van der Waals surface area contributed by atoms with Gasteiger partial charge in [-0.1, -0.05) is 0 Å². The first-order valence-corrected chi connectivity index (χ1v) is 5.94. The van der Waals surface area contributed by atoms with E-state index in [4.69, 9.17) is 14.2 Å². The van der Waals surface area contributed by atoms with Gasteiger partial charge >= 0.3 is 17.8 Å². The Morgan fingerprint density at radius 1 is 1.15 bits per heavy atom. The van der Waals surface area contributed by atoms with E-state index in [1.807, 2.05) is 0 Å². The van der Waals surface area contributed by atoms with Crippen molar-refractivity contribution < 1.29 is 28.5 Å². The summed E-state index contributed by atoms with van der Waals surface area (Å²) in [6.07, 6.45) is 1.51. The van der Waals surface area contributed by atoms with Crippen LogP contribution in [-0.2, 0) is 31.9 Å². The fourth-order valence-electron chi connectivity index (χ4n) is 2.54. The first kappa shape index (κ1) is 14.1. The van der Waals surface area contributed by atoms with Crippen LogP contribution in [0.15, 0.2) is 12.3 Å². The maximum Gasteiger partial charge on any atom is 0.379 e. The maximum atomic E-state index is 12.0. The van der Waals surface area contributed by atoms with Crippen LogP contribution in [0.4, 0.5) is 0 Å². The Bertz CT molecular complexity index is 552. The molecular weight excluding hydrogens is 266 g/mol. The van der Waals surface area contributed by atoms with E-state index in [0.29, 0.717) is 15.9 Å². The molecule has 0 fully saturated rings. The molecule has 0 spiro atoms. The molecular formula is C13H15NO6. The van der Waals surface area contributed by atoms with Crippen LogP contribution in [0, 0.1) is 10.6 Å². The molecule has 1 aliphatic carbocycles. The van der Waals surface area contributed by atoms with Gasteiger partial charge < -0.3 is 19.4 Å². The molecule has 1 aromatic rings. The van der Waals surface area contributed by atoms with Crippen LogP contribution >= 0.6 is 0 Å². The molecule has 7 nitrogen and oxygen atoms in total. The monoisotopic (exact) mass is 281 g/mol. The highest BCUT2D eigenvalue weighted by Crippen LogP contribution is 2.39. The van der Waals surface area contributed by atoms with Gasteiger partial charge in [0.15, 0.2) is 11.6 Å². The molecule has 0 bridgehead atoms. The zero-order chi connectivity index (χ0) is 14.9. The second-order valence-electron chi connectivity index (χ2n) is 4.61. The summed E-state index contributed by atoms with van der Waals surface area (Å²) in [4.78, 5) is 24.0. The van der Waals surface area contributed by atoms with Crippen LogP contribution in [0.5, 0.6) is 5.88 Å². The van der Waals surface area contributed by atoms with Crippen molar-refractivity contribution >= 4 is 11.9 Å². The van der Waals surface area contributed by atoms with Crippen molar-refractivity contribution in [1.82, 2.24) is 0 Å². The second kappa shape index (κ2) is 4.99. The van der Waals surface area contributed by atoms with Gasteiger partial charge in [-0.05, 0) is 5.56 Å². The summed E-state index contributed by atoms with van der Waals surface area (Å²) in [6, 6.07) is 1.52. The molecule has 108 valence electrons. The zero-order valence-corrected chi connectivity index (χ0v) is 11.5. The summed E-state index contributed by atoms with van der Waals surface area (Å²) in [5.41, 5.74) is -0.119. The van der Waals surface area contributed by atoms with Gasteiger partial charge in [0.05, 0.1) is 27.4 Å². The normalized spacial score (nSPS) is 15.3. The van der Waals surface area contributed by atoms with Crippen molar-refractivity contribution in [3.8, 4) is 5.88 Å². The molecule has 0 N–H and O–H groups in total. The highest BCUT2D eigenvalue weighted by atomic mass is 16.5. The van der Waals surface area contributed by atoms with E-state index in [0.717, 1.165) is 0 Å². The third-order valence-electron chi connectivity index (χ3n) is 3.55. The molecule has 0 saturated heterocycles. The molecule has 1 aromatic heterocycles. The molecule has 0 unspecified atom stereocenters. The number of hydrogen-bond donors (Lipinski definition) is 0. The number of rotatable bonds is 3. The number of carbonyl (C=O) groups excluding carboxylic acids is 2. The number of esters is 2. The number of fused-ring (bicyclic) bond motifs is 1. The minimum Gasteiger partial charge on any atom is -0.616 e. The topological polar surface area (TPSA) is 88.8 Å². The minimum atomic E-state index is -1.43. The molecule has 1 heterocycles. The van der Waals surface area contributed by atoms with E-state index < -0.39 is 17.4 Å². The Morgan fingerprint density at radius 3 is 2.20 bits per heavy atom. The Hall–Kier alpha value is -2.31. The van der Waals surface area contributed by atoms with Gasteiger partial charge in [0, 0.05) is 18.4 Å². The second-order valence-corrected chi connectivity index (χ2v) is 4.61. The van der Waals surface area contributed by atoms with Gasteiger partial charge in [0.1, 0.15) is 0 Å². The Kier molecular flexibility index (Phi) is 3.52. The molecule has 1 aliphatic rings. The summed E-state index contributed by atoms with van der Waals surface area (Å²) in [6.45, 7) is 0. The Labute approximate surface area is 115 Å². The van der Waals surface area contributed by atoms with Crippen LogP contribution in [0.1, 0.15) is 11.1 Å². The van der Waals surface area contributed by atoms with Crippen molar-refractivity contribution in [2.45, 2.75) is 12.8 Å². The molecule has 0 aromatic carbocycles. The lowest BCUT2D eigenvalue weighted by Gasteiger charge is -2.22. The molecule has 0 amide bonds. The largest absolute Gasteiger partial charge is 0.616 e. The average Bonchev–Trinajstić information content (AvgIpc) is 2.83. The molecule has 0 saturated carbocycles. The van der Waals surface area contributed by atoms with Gasteiger partial charge in [-0.15, -0.1) is 4.73 Å². The first-order valence-electron chi connectivity index (χ1n) is 5.94. The lowest BCUT2D eigenvalue weighted by molar-refractivity contribution is -0.612. The van der Waals surface area contributed by atoms with Crippen LogP contribution in [0.3, 0.4) is 0 Å². The molecule has 7 heteroatoms. The molecule has 0 radical (unpaired) electrons. The first-order chi connectivity index (χ1) is 9.48. The van der Waals surface area contributed by atoms with Crippen molar-refractivity contribution in [2.24, 2.45) is 5.41 Å². The fraction of sp³-hybridized carbons (Fsp3) is 0.462. The van der Waals surface area contributed by atoms with Crippen LogP contribution in [0.2, 0.25) is 0 Å². The average molecular weight is 281 g/mol. The quantitative estimate of drug-likeness (QED) is 0.329. The number of carbonyl (C=O) groups is 2. The van der Waals surface area contributed by atoms with E-state index in [-0.39, 0.29) is 18.7 Å². The number of aromatic nitrogens is 1. The van der Waals surface area contributed by atoms with E-state index in [9.17, 15) is 14.8 Å². The predicted molar refractivity (Wildman–Crippen MR) is 65.8 cm³/mol. The van der Waals surface area contributed by atoms with E-state index in [1.54, 1.807) is 0 Å². The SMILES string of the molecule is COC(=O)C1(C(=O)OC)Cc2cc(OC)[n+]([O-])cc2C1. The third-order valence-corrected chi connectivity index (χ3v) is 3.55. The van der Waals surface area contributed by atoms with E-state index in [1.165, 1.54) is 33.6 Å². The van der Waals surface area contributed by atoms with Gasteiger partial charge in [0.25, 0.3) is 0 Å². The van der Waals surface area contributed by atoms with E-state index in [2.05, 4.69) is 0 Å². The maximum absolute atomic E-state index is 12.0. The van der Waals surface area contributed by atoms with Gasteiger partial charge in [-0.3, -0.25) is 9.59 Å². The van der Waals surface area contributed by atoms with Gasteiger partial charge in [-0.25, -0.2) is 0 Å². The summed E-state index contributed by atoms with van der Waals surface area (Å²) in [7, 11) is 3.80. The van der Waals surface area contributed by atoms with Gasteiger partial charge in [0.2, 0.25) is 0 Å². The number of methoxy groups -OCH3 is 3. The zero-order valence-electron chi connectivity index (χ0n) is 11.5. The van der Waals surface area contributed by atoms with Crippen molar-refractivity contribution in [3.63, 3.8) is 0 Å². The van der Waals surface area contributed by atoms with Crippen LogP contribution < -0.4 is 9.47 Å². The smallest absolute Gasteiger partial charge is 0.379 e. The highest BCUT2D eigenvalue weighted by Gasteiger charge is 2.53. The lowest BCUT2D eigenvalue weighted by atomic mass is 9.85. The molecule has 20 heavy (non-hydrogen) atoms. The van der Waals surface area contributed by atoms with Crippen molar-refractivity contribution in [2.75, 3.05) is 21.3 Å².